The number of aliphatic hydroxyl groups is 1. The van der Waals surface area contributed by atoms with Gasteiger partial charge < -0.3 is 9.84 Å². The van der Waals surface area contributed by atoms with E-state index in [0.29, 0.717) is 30.5 Å². The molecule has 4 N–H and O–H groups in total. The highest BCUT2D eigenvalue weighted by Crippen LogP contribution is 2.33. The molecule has 6 nitrogen and oxygen atoms in total. The lowest BCUT2D eigenvalue weighted by Gasteiger charge is -2.34. The fraction of sp³-hybridized carbons (Fsp3) is 0.562. The lowest BCUT2D eigenvalue weighted by Crippen LogP contribution is -2.73. The summed E-state index contributed by atoms with van der Waals surface area (Å²) in [5.41, 5.74) is 1.65. The van der Waals surface area contributed by atoms with Crippen molar-refractivity contribution < 1.29 is 34.1 Å². The Morgan fingerprint density at radius 3 is 2.29 bits per heavy atom. The molecule has 1 saturated heterocycles. The summed E-state index contributed by atoms with van der Waals surface area (Å²) in [4.78, 5) is 11.8. The van der Waals surface area contributed by atoms with Crippen LogP contribution in [0.25, 0.3) is 0 Å². The summed E-state index contributed by atoms with van der Waals surface area (Å²) in [5.74, 6) is -1.93. The van der Waals surface area contributed by atoms with Crippen LogP contribution in [0.2, 0.25) is 0 Å². The molecule has 1 aromatic rings. The molecule has 0 atom stereocenters. The zero-order chi connectivity index (χ0) is 18.0. The second kappa shape index (κ2) is 10.3. The molecule has 0 aromatic heterocycles. The van der Waals surface area contributed by atoms with E-state index in [1.54, 1.807) is 24.3 Å². The van der Waals surface area contributed by atoms with Crippen LogP contribution >= 0.6 is 0 Å². The van der Waals surface area contributed by atoms with Crippen molar-refractivity contribution in [3.05, 3.63) is 24.3 Å². The Morgan fingerprint density at radius 2 is 1.92 bits per heavy atom. The van der Waals surface area contributed by atoms with E-state index in [0.717, 1.165) is 25.4 Å². The third-order valence-electron chi connectivity index (χ3n) is 4.00. The number of carbonyl (C=O) groups is 1. The maximum absolute atomic E-state index is 12.7. The summed E-state index contributed by atoms with van der Waals surface area (Å²) in [6.07, 6.45) is 3.57. The van der Waals surface area contributed by atoms with E-state index < -0.39 is 5.92 Å². The van der Waals surface area contributed by atoms with Crippen LogP contribution in [0.5, 0.6) is 5.75 Å². The van der Waals surface area contributed by atoms with Crippen molar-refractivity contribution in [3.8, 4) is 5.75 Å². The molecule has 1 aliphatic heterocycles. The molecule has 0 radical (unpaired) electrons. The second-order valence-corrected chi connectivity index (χ2v) is 5.57. The average Bonchev–Trinajstić information content (AvgIpc) is 2.89. The number of hydrogen-bond donors (Lipinski definition) is 3. The fourth-order valence-electron chi connectivity index (χ4n) is 2.51. The zero-order valence-corrected chi connectivity index (χ0v) is 13.7. The smallest absolute Gasteiger partial charge is 0.298 e. The minimum Gasteiger partial charge on any atom is -0.429 e. The molecule has 3 rings (SSSR count). The Labute approximate surface area is 140 Å². The Kier molecular flexibility index (Phi) is 8.77. The van der Waals surface area contributed by atoms with Crippen molar-refractivity contribution in [2.24, 2.45) is 0 Å². The highest BCUT2D eigenvalue weighted by molar-refractivity contribution is 5.46. The number of alkyl halides is 2. The molecule has 8 heteroatoms. The summed E-state index contributed by atoms with van der Waals surface area (Å²) in [5, 5.41) is 15.5. The standard InChI is InChI=1S/C8H13F2N.C7H7NO3.CH4O/c9-8(10)4-5-11(6-8)7-2-1-3-7;9-5-11-7-3-1-6(8-10)2-4-7;1-2/h7H,1-6H2;1-5,8,10H;2H,1H3/p+1. The van der Waals surface area contributed by atoms with Gasteiger partial charge in [-0.05, 0) is 25.0 Å². The van der Waals surface area contributed by atoms with Crippen molar-refractivity contribution in [3.63, 3.8) is 0 Å². The minimum atomic E-state index is -2.39. The quantitative estimate of drug-likeness (QED) is 0.434. The predicted octanol–water partition coefficient (Wildman–Crippen LogP) is 1.29. The number of aliphatic hydroxyl groups excluding tert-OH is 1. The number of nitrogens with two attached hydrogens (primary N) is 1. The van der Waals surface area contributed by atoms with Gasteiger partial charge in [-0.2, -0.15) is 5.48 Å². The van der Waals surface area contributed by atoms with Gasteiger partial charge in [0, 0.05) is 38.2 Å². The van der Waals surface area contributed by atoms with Crippen molar-refractivity contribution in [2.45, 2.75) is 37.6 Å². The second-order valence-electron chi connectivity index (χ2n) is 5.57. The van der Waals surface area contributed by atoms with Gasteiger partial charge in [-0.15, -0.1) is 0 Å². The minimum absolute atomic E-state index is 0.0116. The number of rotatable bonds is 4. The number of likely N-dealkylation sites (tertiary alicyclic amines) is 1. The first kappa shape index (κ1) is 20.4. The Hall–Kier alpha value is -1.61. The summed E-state index contributed by atoms with van der Waals surface area (Å²) in [6.45, 7) is 0.979. The van der Waals surface area contributed by atoms with Crippen LogP contribution in [0.4, 0.5) is 14.5 Å². The van der Waals surface area contributed by atoms with E-state index in [1.807, 2.05) is 4.90 Å². The summed E-state index contributed by atoms with van der Waals surface area (Å²) in [7, 11) is 1.00. The van der Waals surface area contributed by atoms with Gasteiger partial charge in [0.2, 0.25) is 0 Å². The molecular formula is C16H25F2N2O4+. The lowest BCUT2D eigenvalue weighted by atomic mass is 9.92. The van der Waals surface area contributed by atoms with E-state index in [-0.39, 0.29) is 13.0 Å². The molecule has 1 heterocycles. The first-order valence-corrected chi connectivity index (χ1v) is 7.78. The fourth-order valence-corrected chi connectivity index (χ4v) is 2.51. The molecular weight excluding hydrogens is 322 g/mol. The van der Waals surface area contributed by atoms with Crippen LogP contribution in [-0.2, 0) is 4.79 Å². The van der Waals surface area contributed by atoms with Gasteiger partial charge in [0.25, 0.3) is 12.4 Å². The molecule has 24 heavy (non-hydrogen) atoms. The number of hydrogen-bond acceptors (Lipinski definition) is 5. The van der Waals surface area contributed by atoms with Gasteiger partial charge in [-0.25, -0.2) is 14.0 Å². The highest BCUT2D eigenvalue weighted by atomic mass is 19.3. The van der Waals surface area contributed by atoms with E-state index in [2.05, 4.69) is 4.74 Å². The SMILES string of the molecule is CO.FC1(F)CCN(C2CCC2)C1.O=COc1ccc([NH2+]O)cc1. The van der Waals surface area contributed by atoms with Gasteiger partial charge in [0.15, 0.2) is 5.69 Å². The zero-order valence-electron chi connectivity index (χ0n) is 13.7. The van der Waals surface area contributed by atoms with Crippen molar-refractivity contribution >= 4 is 12.2 Å². The molecule has 136 valence electrons. The van der Waals surface area contributed by atoms with Gasteiger partial charge in [0.1, 0.15) is 5.75 Å². The molecule has 1 aliphatic carbocycles. The van der Waals surface area contributed by atoms with Crippen LogP contribution in [0.3, 0.4) is 0 Å². The van der Waals surface area contributed by atoms with E-state index in [4.69, 9.17) is 10.3 Å². The first-order valence-electron chi connectivity index (χ1n) is 7.78. The van der Waals surface area contributed by atoms with Gasteiger partial charge in [-0.1, -0.05) is 6.42 Å². The van der Waals surface area contributed by atoms with Crippen LogP contribution in [0.15, 0.2) is 24.3 Å². The predicted molar refractivity (Wildman–Crippen MR) is 83.4 cm³/mol. The van der Waals surface area contributed by atoms with Crippen molar-refractivity contribution in [2.75, 3.05) is 20.2 Å². The maximum Gasteiger partial charge on any atom is 0.298 e. The van der Waals surface area contributed by atoms with Crippen LogP contribution in [0, 0.1) is 0 Å². The number of halogens is 2. The highest BCUT2D eigenvalue weighted by Gasteiger charge is 2.41. The Balaban J connectivity index is 0.000000218. The molecule has 1 aromatic carbocycles. The summed E-state index contributed by atoms with van der Waals surface area (Å²) >= 11 is 0. The van der Waals surface area contributed by atoms with Gasteiger partial charge >= 0.3 is 0 Å². The van der Waals surface area contributed by atoms with Crippen molar-refractivity contribution in [1.82, 2.24) is 4.90 Å². The molecule has 0 amide bonds. The van der Waals surface area contributed by atoms with Crippen molar-refractivity contribution in [1.29, 1.82) is 0 Å². The molecule has 2 fully saturated rings. The molecule has 0 unspecified atom stereocenters. The van der Waals surface area contributed by atoms with Crippen LogP contribution < -0.4 is 10.2 Å². The van der Waals surface area contributed by atoms with E-state index in [1.165, 1.54) is 6.42 Å². The third kappa shape index (κ3) is 6.48. The largest absolute Gasteiger partial charge is 0.429 e. The summed E-state index contributed by atoms with van der Waals surface area (Å²) < 4.78 is 29.9. The summed E-state index contributed by atoms with van der Waals surface area (Å²) in [6, 6.07) is 6.95. The Bertz CT molecular complexity index is 481. The molecule has 1 saturated carbocycles. The van der Waals surface area contributed by atoms with E-state index >= 15 is 0 Å². The van der Waals surface area contributed by atoms with Gasteiger partial charge in [-0.3, -0.25) is 9.69 Å². The molecule has 0 bridgehead atoms. The third-order valence-corrected chi connectivity index (χ3v) is 4.00. The van der Waals surface area contributed by atoms with E-state index in [9.17, 15) is 13.6 Å². The van der Waals surface area contributed by atoms with Crippen LogP contribution in [0.1, 0.15) is 25.7 Å². The monoisotopic (exact) mass is 347 g/mol. The normalized spacial score (nSPS) is 19.2. The van der Waals surface area contributed by atoms with Gasteiger partial charge in [0.05, 0.1) is 6.54 Å². The number of carbonyl (C=O) groups excluding carboxylic acids is 1. The number of nitrogens with zero attached hydrogens (tertiary/aromatic N) is 1. The average molecular weight is 347 g/mol. The first-order chi connectivity index (χ1) is 11.5. The number of benzene rings is 1. The number of quaternary nitrogens is 1. The lowest BCUT2D eigenvalue weighted by molar-refractivity contribution is -0.825. The Morgan fingerprint density at radius 1 is 1.29 bits per heavy atom. The topological polar surface area (TPSA) is 86.6 Å². The molecule has 0 spiro atoms. The molecule has 2 aliphatic rings. The maximum atomic E-state index is 12.7. The van der Waals surface area contributed by atoms with Crippen LogP contribution in [-0.4, -0.2) is 53.8 Å². The number of ether oxygens (including phenoxy) is 1.